The normalized spacial score (nSPS) is 21.8. The third kappa shape index (κ3) is 3.86. The predicted molar refractivity (Wildman–Crippen MR) is 75.4 cm³/mol. The fourth-order valence-electron chi connectivity index (χ4n) is 2.06. The van der Waals surface area contributed by atoms with Crippen molar-refractivity contribution in [2.24, 2.45) is 22.6 Å². The maximum atomic E-state index is 11.2. The Bertz CT molecular complexity index is 358. The van der Waals surface area contributed by atoms with Gasteiger partial charge in [0, 0.05) is 19.6 Å². The second-order valence-electron chi connectivity index (χ2n) is 5.36. The molecule has 1 rings (SSSR count). The van der Waals surface area contributed by atoms with Crippen LogP contribution in [0.25, 0.3) is 0 Å². The number of likely N-dealkylation sites (tertiary alicyclic amines) is 1. The van der Waals surface area contributed by atoms with E-state index in [1.54, 1.807) is 0 Å². The molecule has 4 heteroatoms. The SMILES string of the molecule is CC=C(C)C(=NCC(C)C)N1CCC(C(N)=O)C1. The van der Waals surface area contributed by atoms with Gasteiger partial charge in [-0.3, -0.25) is 9.79 Å². The minimum Gasteiger partial charge on any atom is -0.369 e. The van der Waals surface area contributed by atoms with Gasteiger partial charge in [0.1, 0.15) is 5.84 Å². The summed E-state index contributed by atoms with van der Waals surface area (Å²) < 4.78 is 0. The number of hydrogen-bond acceptors (Lipinski definition) is 2. The third-order valence-electron chi connectivity index (χ3n) is 3.28. The second-order valence-corrected chi connectivity index (χ2v) is 5.36. The second kappa shape index (κ2) is 6.57. The van der Waals surface area contributed by atoms with Crippen LogP contribution in [0.4, 0.5) is 0 Å². The Balaban J connectivity index is 2.79. The summed E-state index contributed by atoms with van der Waals surface area (Å²) >= 11 is 0. The Morgan fingerprint density at radius 2 is 2.22 bits per heavy atom. The molecule has 1 saturated heterocycles. The van der Waals surface area contributed by atoms with Crippen molar-refractivity contribution < 1.29 is 4.79 Å². The van der Waals surface area contributed by atoms with E-state index in [-0.39, 0.29) is 11.8 Å². The molecule has 0 saturated carbocycles. The fraction of sp³-hybridized carbons (Fsp3) is 0.714. The van der Waals surface area contributed by atoms with E-state index in [1.807, 2.05) is 6.92 Å². The first-order chi connectivity index (χ1) is 8.45. The summed E-state index contributed by atoms with van der Waals surface area (Å²) in [6.45, 7) is 10.8. The zero-order valence-corrected chi connectivity index (χ0v) is 11.9. The van der Waals surface area contributed by atoms with Crippen LogP contribution < -0.4 is 5.73 Å². The highest BCUT2D eigenvalue weighted by atomic mass is 16.1. The van der Waals surface area contributed by atoms with Crippen LogP contribution in [-0.2, 0) is 4.79 Å². The van der Waals surface area contributed by atoms with E-state index in [4.69, 9.17) is 10.7 Å². The summed E-state index contributed by atoms with van der Waals surface area (Å²) in [5, 5.41) is 0. The number of carbonyl (C=O) groups excluding carboxylic acids is 1. The predicted octanol–water partition coefficient (Wildman–Crippen LogP) is 1.81. The van der Waals surface area contributed by atoms with Crippen molar-refractivity contribution in [3.05, 3.63) is 11.6 Å². The van der Waals surface area contributed by atoms with Gasteiger partial charge in [0.2, 0.25) is 5.91 Å². The molecule has 0 aromatic rings. The van der Waals surface area contributed by atoms with Crippen molar-refractivity contribution in [2.75, 3.05) is 19.6 Å². The van der Waals surface area contributed by atoms with Crippen LogP contribution in [0.5, 0.6) is 0 Å². The molecular formula is C14H25N3O. The van der Waals surface area contributed by atoms with Crippen molar-refractivity contribution in [1.82, 2.24) is 4.90 Å². The number of allylic oxidation sites excluding steroid dienone is 1. The van der Waals surface area contributed by atoms with Gasteiger partial charge in [0.15, 0.2) is 0 Å². The lowest BCUT2D eigenvalue weighted by atomic mass is 10.1. The monoisotopic (exact) mass is 251 g/mol. The molecule has 18 heavy (non-hydrogen) atoms. The van der Waals surface area contributed by atoms with Crippen molar-refractivity contribution in [2.45, 2.75) is 34.1 Å². The largest absolute Gasteiger partial charge is 0.369 e. The number of hydrogen-bond donors (Lipinski definition) is 1. The molecule has 2 N–H and O–H groups in total. The molecule has 102 valence electrons. The zero-order valence-electron chi connectivity index (χ0n) is 11.9. The first-order valence-electron chi connectivity index (χ1n) is 6.67. The summed E-state index contributed by atoms with van der Waals surface area (Å²) in [5.74, 6) is 1.34. The third-order valence-corrected chi connectivity index (χ3v) is 3.28. The molecule has 1 amide bonds. The van der Waals surface area contributed by atoms with Crippen molar-refractivity contribution >= 4 is 11.7 Å². The molecule has 0 aromatic carbocycles. The lowest BCUT2D eigenvalue weighted by Crippen LogP contribution is -2.32. The van der Waals surface area contributed by atoms with Crippen molar-refractivity contribution in [3.63, 3.8) is 0 Å². The van der Waals surface area contributed by atoms with Crippen molar-refractivity contribution in [3.8, 4) is 0 Å². The zero-order chi connectivity index (χ0) is 13.7. The standard InChI is InChI=1S/C14H25N3O/c1-5-11(4)14(16-8-10(2)3)17-7-6-12(9-17)13(15)18/h5,10,12H,6-9H2,1-4H3,(H2,15,18). The summed E-state index contributed by atoms with van der Waals surface area (Å²) in [5.41, 5.74) is 6.54. The highest BCUT2D eigenvalue weighted by Crippen LogP contribution is 2.19. The molecule has 0 bridgehead atoms. The van der Waals surface area contributed by atoms with Gasteiger partial charge in [-0.15, -0.1) is 0 Å². The molecule has 1 unspecified atom stereocenters. The molecule has 1 atom stereocenters. The van der Waals surface area contributed by atoms with Gasteiger partial charge in [-0.2, -0.15) is 0 Å². The molecule has 1 heterocycles. The molecule has 0 spiro atoms. The lowest BCUT2D eigenvalue weighted by Gasteiger charge is -2.21. The van der Waals surface area contributed by atoms with Gasteiger partial charge < -0.3 is 10.6 Å². The molecule has 0 aromatic heterocycles. The maximum absolute atomic E-state index is 11.2. The first-order valence-corrected chi connectivity index (χ1v) is 6.67. The Morgan fingerprint density at radius 3 is 2.67 bits per heavy atom. The van der Waals surface area contributed by atoms with E-state index in [9.17, 15) is 4.79 Å². The average molecular weight is 251 g/mol. The number of amides is 1. The lowest BCUT2D eigenvalue weighted by molar-refractivity contribution is -0.121. The van der Waals surface area contributed by atoms with Crippen LogP contribution >= 0.6 is 0 Å². The first kappa shape index (κ1) is 14.7. The molecule has 4 nitrogen and oxygen atoms in total. The summed E-state index contributed by atoms with van der Waals surface area (Å²) in [6, 6.07) is 0. The number of rotatable bonds is 4. The van der Waals surface area contributed by atoms with Crippen LogP contribution in [0.3, 0.4) is 0 Å². The van der Waals surface area contributed by atoms with E-state index >= 15 is 0 Å². The van der Waals surface area contributed by atoms with Gasteiger partial charge in [-0.05, 0) is 31.8 Å². The van der Waals surface area contributed by atoms with E-state index in [0.29, 0.717) is 12.5 Å². The Kier molecular flexibility index (Phi) is 5.38. The molecule has 1 aliphatic rings. The van der Waals surface area contributed by atoms with E-state index in [1.165, 1.54) is 5.57 Å². The van der Waals surface area contributed by atoms with Crippen LogP contribution in [0.15, 0.2) is 16.6 Å². The number of amidine groups is 1. The highest BCUT2D eigenvalue weighted by Gasteiger charge is 2.28. The Hall–Kier alpha value is -1.32. The average Bonchev–Trinajstić information content (AvgIpc) is 2.78. The number of aliphatic imine (C=N–C) groups is 1. The van der Waals surface area contributed by atoms with Crippen molar-refractivity contribution in [1.29, 1.82) is 0 Å². The smallest absolute Gasteiger partial charge is 0.222 e. The van der Waals surface area contributed by atoms with Crippen LogP contribution in [0.1, 0.15) is 34.1 Å². The summed E-state index contributed by atoms with van der Waals surface area (Å²) in [6.07, 6.45) is 2.91. The Labute approximate surface area is 110 Å². The topological polar surface area (TPSA) is 58.7 Å². The fourth-order valence-corrected chi connectivity index (χ4v) is 2.06. The van der Waals surface area contributed by atoms with Gasteiger partial charge >= 0.3 is 0 Å². The van der Waals surface area contributed by atoms with E-state index < -0.39 is 0 Å². The Morgan fingerprint density at radius 1 is 1.56 bits per heavy atom. The quantitative estimate of drug-likeness (QED) is 0.612. The van der Waals surface area contributed by atoms with Crippen LogP contribution in [0.2, 0.25) is 0 Å². The van der Waals surface area contributed by atoms with Gasteiger partial charge in [0.05, 0.1) is 5.92 Å². The molecular weight excluding hydrogens is 226 g/mol. The molecule has 0 radical (unpaired) electrons. The van der Waals surface area contributed by atoms with Crippen LogP contribution in [0, 0.1) is 11.8 Å². The summed E-state index contributed by atoms with van der Waals surface area (Å²) in [7, 11) is 0. The number of nitrogens with zero attached hydrogens (tertiary/aromatic N) is 2. The minimum absolute atomic E-state index is 0.0288. The van der Waals surface area contributed by atoms with Gasteiger partial charge in [-0.25, -0.2) is 0 Å². The number of nitrogens with two attached hydrogens (primary N) is 1. The summed E-state index contributed by atoms with van der Waals surface area (Å²) in [4.78, 5) is 18.1. The van der Waals surface area contributed by atoms with E-state index in [2.05, 4.69) is 31.7 Å². The molecule has 1 fully saturated rings. The molecule has 1 aliphatic heterocycles. The molecule has 0 aliphatic carbocycles. The number of carbonyl (C=O) groups is 1. The van der Waals surface area contributed by atoms with Gasteiger partial charge in [0.25, 0.3) is 0 Å². The minimum atomic E-state index is -0.196. The highest BCUT2D eigenvalue weighted by molar-refractivity contribution is 5.98. The maximum Gasteiger partial charge on any atom is 0.222 e. The van der Waals surface area contributed by atoms with E-state index in [0.717, 1.165) is 25.3 Å². The van der Waals surface area contributed by atoms with Gasteiger partial charge in [-0.1, -0.05) is 19.9 Å². The number of primary amides is 1. The van der Waals surface area contributed by atoms with Crippen LogP contribution in [-0.4, -0.2) is 36.3 Å².